The van der Waals surface area contributed by atoms with Crippen LogP contribution < -0.4 is 10.6 Å². The van der Waals surface area contributed by atoms with Crippen molar-refractivity contribution in [3.05, 3.63) is 11.1 Å². The summed E-state index contributed by atoms with van der Waals surface area (Å²) in [6.07, 6.45) is 6.23. The molecule has 1 amide bonds. The fourth-order valence-electron chi connectivity index (χ4n) is 3.75. The van der Waals surface area contributed by atoms with E-state index in [0.29, 0.717) is 6.54 Å². The van der Waals surface area contributed by atoms with E-state index in [1.54, 1.807) is 0 Å². The first-order valence-corrected chi connectivity index (χ1v) is 10.4. The van der Waals surface area contributed by atoms with E-state index in [9.17, 15) is 4.79 Å². The fraction of sp³-hybridized carbons (Fsp3) is 0.778. The van der Waals surface area contributed by atoms with Gasteiger partial charge in [0.25, 0.3) is 0 Å². The summed E-state index contributed by atoms with van der Waals surface area (Å²) in [6, 6.07) is 0. The summed E-state index contributed by atoms with van der Waals surface area (Å²) >= 11 is 1.54. The fourth-order valence-corrected chi connectivity index (χ4v) is 4.47. The highest BCUT2D eigenvalue weighted by molar-refractivity contribution is 7.13. The molecule has 3 rings (SSSR count). The second kappa shape index (κ2) is 12.9. The van der Waals surface area contributed by atoms with E-state index in [-0.39, 0.29) is 30.7 Å². The van der Waals surface area contributed by atoms with Crippen molar-refractivity contribution < 1.29 is 4.79 Å². The van der Waals surface area contributed by atoms with Gasteiger partial charge in [0, 0.05) is 11.9 Å². The molecule has 0 saturated carbocycles. The Kier molecular flexibility index (Phi) is 11.8. The second-order valence-electron chi connectivity index (χ2n) is 7.29. The number of thiazole rings is 1. The molecule has 0 unspecified atom stereocenters. The molecule has 2 aliphatic heterocycles. The molecule has 2 N–H and O–H groups in total. The minimum atomic E-state index is 0. The zero-order chi connectivity index (χ0) is 17.5. The van der Waals surface area contributed by atoms with E-state index in [4.69, 9.17) is 0 Å². The van der Waals surface area contributed by atoms with Gasteiger partial charge in [0.15, 0.2) is 5.13 Å². The molecule has 2 aliphatic rings. The van der Waals surface area contributed by atoms with Crippen molar-refractivity contribution in [2.24, 2.45) is 5.92 Å². The maximum absolute atomic E-state index is 12.3. The Labute approximate surface area is 179 Å². The molecule has 2 saturated heterocycles. The summed E-state index contributed by atoms with van der Waals surface area (Å²) in [5.41, 5.74) is 1.08. The van der Waals surface area contributed by atoms with E-state index in [1.165, 1.54) is 56.5 Å². The van der Waals surface area contributed by atoms with Gasteiger partial charge in [0.1, 0.15) is 0 Å². The van der Waals surface area contributed by atoms with Crippen molar-refractivity contribution in [2.75, 3.05) is 51.6 Å². The molecule has 9 heteroatoms. The number of carbonyl (C=O) groups excluding carboxylic acids is 1. The Morgan fingerprint density at radius 3 is 2.56 bits per heavy atom. The van der Waals surface area contributed by atoms with Crippen molar-refractivity contribution in [1.82, 2.24) is 20.1 Å². The van der Waals surface area contributed by atoms with Crippen LogP contribution in [0.4, 0.5) is 5.13 Å². The number of piperidine rings is 1. The monoisotopic (exact) mass is 437 g/mol. The lowest BCUT2D eigenvalue weighted by Gasteiger charge is -2.31. The molecule has 0 bridgehead atoms. The number of rotatable bonds is 8. The predicted octanol–water partition coefficient (Wildman–Crippen LogP) is 2.84. The summed E-state index contributed by atoms with van der Waals surface area (Å²) in [5, 5.41) is 9.01. The quantitative estimate of drug-likeness (QED) is 0.654. The topological polar surface area (TPSA) is 60.5 Å². The number of amides is 1. The molecule has 1 aromatic rings. The molecule has 0 aliphatic carbocycles. The highest BCUT2D eigenvalue weighted by atomic mass is 35.5. The van der Waals surface area contributed by atoms with Gasteiger partial charge in [0.2, 0.25) is 5.91 Å². The number of halogens is 2. The van der Waals surface area contributed by atoms with Gasteiger partial charge in [-0.2, -0.15) is 0 Å². The molecular weight excluding hydrogens is 405 g/mol. The number of hydrogen-bond donors (Lipinski definition) is 2. The van der Waals surface area contributed by atoms with Gasteiger partial charge in [-0.25, -0.2) is 4.98 Å². The minimum Gasteiger partial charge on any atom is -0.320 e. The molecule has 0 spiro atoms. The van der Waals surface area contributed by atoms with Crippen LogP contribution >= 0.6 is 36.2 Å². The van der Waals surface area contributed by atoms with Gasteiger partial charge in [-0.3, -0.25) is 14.6 Å². The maximum Gasteiger partial charge on any atom is 0.240 e. The van der Waals surface area contributed by atoms with Gasteiger partial charge in [0.05, 0.1) is 12.2 Å². The third-order valence-electron chi connectivity index (χ3n) is 5.26. The highest BCUT2D eigenvalue weighted by Gasteiger charge is 2.21. The van der Waals surface area contributed by atoms with Crippen LogP contribution in [0.1, 0.15) is 37.8 Å². The normalized spacial score (nSPS) is 18.7. The van der Waals surface area contributed by atoms with Gasteiger partial charge in [-0.15, -0.1) is 36.2 Å². The molecule has 0 aromatic carbocycles. The molecule has 2 fully saturated rings. The van der Waals surface area contributed by atoms with E-state index < -0.39 is 0 Å². The van der Waals surface area contributed by atoms with Crippen LogP contribution in [-0.4, -0.2) is 67.0 Å². The summed E-state index contributed by atoms with van der Waals surface area (Å²) in [7, 11) is 2.01. The standard InChI is InChI=1S/C18H31N5OS.2ClH/c1-19-7-4-15-5-10-23(11-6-15)13-17(24)21-18-20-16(14-25-18)12-22-8-2-3-9-22;;/h14-15,19H,2-13H2,1H3,(H,20,21,24);2*1H. The highest BCUT2D eigenvalue weighted by Crippen LogP contribution is 2.21. The number of likely N-dealkylation sites (tertiary alicyclic amines) is 2. The average molecular weight is 438 g/mol. The smallest absolute Gasteiger partial charge is 0.240 e. The number of nitrogens with one attached hydrogen (secondary N) is 2. The zero-order valence-electron chi connectivity index (χ0n) is 16.1. The van der Waals surface area contributed by atoms with Crippen molar-refractivity contribution in [2.45, 2.75) is 38.6 Å². The number of anilines is 1. The average Bonchev–Trinajstić information content (AvgIpc) is 3.27. The predicted molar refractivity (Wildman–Crippen MR) is 117 cm³/mol. The van der Waals surface area contributed by atoms with Crippen LogP contribution in [-0.2, 0) is 11.3 Å². The minimum absolute atomic E-state index is 0. The zero-order valence-corrected chi connectivity index (χ0v) is 18.6. The largest absolute Gasteiger partial charge is 0.320 e. The van der Waals surface area contributed by atoms with E-state index in [2.05, 4.69) is 30.8 Å². The lowest BCUT2D eigenvalue weighted by atomic mass is 9.93. The maximum atomic E-state index is 12.3. The second-order valence-corrected chi connectivity index (χ2v) is 8.15. The third-order valence-corrected chi connectivity index (χ3v) is 6.07. The molecule has 156 valence electrons. The van der Waals surface area contributed by atoms with Crippen molar-refractivity contribution in [3.63, 3.8) is 0 Å². The first-order chi connectivity index (χ1) is 12.2. The molecule has 3 heterocycles. The van der Waals surface area contributed by atoms with Crippen LogP contribution in [0.25, 0.3) is 0 Å². The molecule has 27 heavy (non-hydrogen) atoms. The molecule has 6 nitrogen and oxygen atoms in total. The van der Waals surface area contributed by atoms with Crippen LogP contribution in [0.5, 0.6) is 0 Å². The molecule has 1 aromatic heterocycles. The third kappa shape index (κ3) is 8.21. The summed E-state index contributed by atoms with van der Waals surface area (Å²) in [5.74, 6) is 0.870. The van der Waals surface area contributed by atoms with Crippen molar-refractivity contribution in [3.8, 4) is 0 Å². The summed E-state index contributed by atoms with van der Waals surface area (Å²) in [6.45, 7) is 6.88. The number of carbonyl (C=O) groups is 1. The van der Waals surface area contributed by atoms with Crippen LogP contribution in [0.3, 0.4) is 0 Å². The SMILES string of the molecule is CNCCC1CCN(CC(=O)Nc2nc(CN3CCCC3)cs2)CC1.Cl.Cl. The van der Waals surface area contributed by atoms with Gasteiger partial charge in [-0.05, 0) is 77.8 Å². The first kappa shape index (κ1) is 24.6. The van der Waals surface area contributed by atoms with Crippen LogP contribution in [0.15, 0.2) is 5.38 Å². The first-order valence-electron chi connectivity index (χ1n) is 9.56. The Balaban J connectivity index is 0.00000182. The van der Waals surface area contributed by atoms with Crippen LogP contribution in [0.2, 0.25) is 0 Å². The van der Waals surface area contributed by atoms with Gasteiger partial charge in [-0.1, -0.05) is 0 Å². The van der Waals surface area contributed by atoms with E-state index >= 15 is 0 Å². The van der Waals surface area contributed by atoms with Crippen LogP contribution in [0, 0.1) is 5.92 Å². The molecular formula is C18H33Cl2N5OS. The summed E-state index contributed by atoms with van der Waals surface area (Å²) in [4.78, 5) is 21.6. The van der Waals surface area contributed by atoms with Gasteiger partial charge >= 0.3 is 0 Å². The Bertz CT molecular complexity index is 546. The number of hydrogen-bond acceptors (Lipinski definition) is 6. The molecule has 0 atom stereocenters. The lowest BCUT2D eigenvalue weighted by molar-refractivity contribution is -0.117. The molecule has 0 radical (unpaired) electrons. The van der Waals surface area contributed by atoms with Crippen molar-refractivity contribution in [1.29, 1.82) is 0 Å². The van der Waals surface area contributed by atoms with E-state index in [1.807, 2.05) is 7.05 Å². The Hall–Kier alpha value is -0.440. The van der Waals surface area contributed by atoms with E-state index in [0.717, 1.165) is 42.9 Å². The van der Waals surface area contributed by atoms with Gasteiger partial charge < -0.3 is 10.6 Å². The Morgan fingerprint density at radius 2 is 1.89 bits per heavy atom. The Morgan fingerprint density at radius 1 is 1.19 bits per heavy atom. The summed E-state index contributed by atoms with van der Waals surface area (Å²) < 4.78 is 0. The number of aromatic nitrogens is 1. The lowest BCUT2D eigenvalue weighted by Crippen LogP contribution is -2.39. The number of nitrogens with zero attached hydrogens (tertiary/aromatic N) is 3. The van der Waals surface area contributed by atoms with Crippen molar-refractivity contribution >= 4 is 47.2 Å².